The average molecular weight is 644 g/mol. The largest absolute Gasteiger partial charge is 0.481 e. The molecule has 1 aliphatic heterocycles. The molecule has 3 aromatic carbocycles. The molecule has 0 atom stereocenters. The lowest BCUT2D eigenvalue weighted by molar-refractivity contribution is -0.386. The number of fused-ring (bicyclic) bond motifs is 2. The summed E-state index contributed by atoms with van der Waals surface area (Å²) in [5.74, 6) is 1.68. The molecular formula is C26H20Br2N4O6. The zero-order valence-corrected chi connectivity index (χ0v) is 23.4. The van der Waals surface area contributed by atoms with Crippen LogP contribution in [0.5, 0.6) is 17.2 Å². The normalized spacial score (nSPS) is 12.6. The lowest BCUT2D eigenvalue weighted by Gasteiger charge is -2.12. The highest BCUT2D eigenvalue weighted by Gasteiger charge is 2.21. The molecule has 4 aromatic rings. The van der Waals surface area contributed by atoms with Crippen molar-refractivity contribution in [2.75, 3.05) is 6.79 Å². The van der Waals surface area contributed by atoms with Crippen LogP contribution >= 0.6 is 31.9 Å². The van der Waals surface area contributed by atoms with Gasteiger partial charge in [0.25, 0.3) is 5.56 Å². The van der Waals surface area contributed by atoms with Gasteiger partial charge >= 0.3 is 5.69 Å². The third-order valence-electron chi connectivity index (χ3n) is 5.74. The molecule has 1 aromatic heterocycles. The summed E-state index contributed by atoms with van der Waals surface area (Å²) >= 11 is 6.77. The first-order valence-electron chi connectivity index (χ1n) is 11.5. The number of ether oxygens (including phenoxy) is 3. The molecule has 5 rings (SSSR count). The van der Waals surface area contributed by atoms with Crippen LogP contribution in [0.4, 0.5) is 5.69 Å². The summed E-state index contributed by atoms with van der Waals surface area (Å²) in [7, 11) is 0. The third kappa shape index (κ3) is 5.14. The van der Waals surface area contributed by atoms with E-state index >= 15 is 0 Å². The summed E-state index contributed by atoms with van der Waals surface area (Å²) < 4.78 is 18.8. The maximum atomic E-state index is 13.2. The van der Waals surface area contributed by atoms with Gasteiger partial charge in [0, 0.05) is 22.0 Å². The molecular weight excluding hydrogens is 624 g/mol. The van der Waals surface area contributed by atoms with Gasteiger partial charge in [-0.25, -0.2) is 4.98 Å². The Bertz CT molecular complexity index is 1670. The van der Waals surface area contributed by atoms with Crippen LogP contribution in [0.25, 0.3) is 10.9 Å². The van der Waals surface area contributed by atoms with E-state index in [0.29, 0.717) is 38.3 Å². The van der Waals surface area contributed by atoms with Gasteiger partial charge in [-0.15, -0.1) is 0 Å². The first-order valence-corrected chi connectivity index (χ1v) is 13.1. The first-order chi connectivity index (χ1) is 18.2. The van der Waals surface area contributed by atoms with Gasteiger partial charge in [0.1, 0.15) is 12.4 Å². The summed E-state index contributed by atoms with van der Waals surface area (Å²) in [4.78, 5) is 29.2. The van der Waals surface area contributed by atoms with Crippen LogP contribution in [0.15, 0.2) is 67.4 Å². The summed E-state index contributed by atoms with van der Waals surface area (Å²) in [5.41, 5.74) is 1.13. The van der Waals surface area contributed by atoms with Crippen molar-refractivity contribution in [1.29, 1.82) is 0 Å². The Balaban J connectivity index is 1.48. The van der Waals surface area contributed by atoms with Crippen molar-refractivity contribution < 1.29 is 19.1 Å². The van der Waals surface area contributed by atoms with Gasteiger partial charge in [-0.3, -0.25) is 14.9 Å². The van der Waals surface area contributed by atoms with E-state index in [1.54, 1.807) is 36.4 Å². The van der Waals surface area contributed by atoms with E-state index in [1.807, 2.05) is 19.9 Å². The minimum Gasteiger partial charge on any atom is -0.481 e. The molecule has 0 saturated heterocycles. The molecule has 194 valence electrons. The highest BCUT2D eigenvalue weighted by atomic mass is 79.9. The summed E-state index contributed by atoms with van der Waals surface area (Å²) in [5, 5.41) is 16.7. The van der Waals surface area contributed by atoms with Crippen LogP contribution in [0, 0.1) is 10.1 Å². The summed E-state index contributed by atoms with van der Waals surface area (Å²) in [6, 6.07) is 13.6. The maximum absolute atomic E-state index is 13.2. The number of halogens is 2. The van der Waals surface area contributed by atoms with Crippen LogP contribution in [-0.2, 0) is 6.61 Å². The molecule has 2 heterocycles. The van der Waals surface area contributed by atoms with Gasteiger partial charge in [-0.1, -0.05) is 35.8 Å². The molecule has 0 N–H and O–H groups in total. The first kappa shape index (κ1) is 25.9. The van der Waals surface area contributed by atoms with Crippen molar-refractivity contribution in [3.63, 3.8) is 0 Å². The van der Waals surface area contributed by atoms with Crippen molar-refractivity contribution in [2.24, 2.45) is 5.10 Å². The number of benzene rings is 3. The van der Waals surface area contributed by atoms with Crippen molar-refractivity contribution in [2.45, 2.75) is 26.4 Å². The fourth-order valence-corrected chi connectivity index (χ4v) is 4.86. The lowest BCUT2D eigenvalue weighted by atomic mass is 10.2. The van der Waals surface area contributed by atoms with Gasteiger partial charge in [-0.2, -0.15) is 9.78 Å². The van der Waals surface area contributed by atoms with E-state index < -0.39 is 4.92 Å². The Morgan fingerprint density at radius 3 is 2.71 bits per heavy atom. The molecule has 0 unspecified atom stereocenters. The Hall–Kier alpha value is -3.77. The smallest absolute Gasteiger partial charge is 0.312 e. The molecule has 0 fully saturated rings. The lowest BCUT2D eigenvalue weighted by Crippen LogP contribution is -2.23. The number of nitro benzene ring substituents is 1. The monoisotopic (exact) mass is 642 g/mol. The van der Waals surface area contributed by atoms with Crippen molar-refractivity contribution in [3.05, 3.63) is 94.9 Å². The number of nitro groups is 1. The molecule has 38 heavy (non-hydrogen) atoms. The molecule has 0 radical (unpaired) electrons. The fourth-order valence-electron chi connectivity index (χ4n) is 3.91. The van der Waals surface area contributed by atoms with E-state index in [0.717, 1.165) is 10.0 Å². The Morgan fingerprint density at radius 2 is 1.95 bits per heavy atom. The average Bonchev–Trinajstić information content (AvgIpc) is 3.35. The van der Waals surface area contributed by atoms with E-state index in [9.17, 15) is 14.9 Å². The van der Waals surface area contributed by atoms with Crippen LogP contribution in [0.2, 0.25) is 0 Å². The SMILES string of the molecule is CC(C)c1nc2ccc(Br)cc2c(=O)n1N=Cc1cc(Br)c(OCc2ccc3c(c2)OCO3)c([N+](=O)[O-])c1. The molecule has 12 heteroatoms. The molecule has 0 saturated carbocycles. The van der Waals surface area contributed by atoms with Gasteiger partial charge in [0.2, 0.25) is 12.5 Å². The topological polar surface area (TPSA) is 118 Å². The fraction of sp³-hybridized carbons (Fsp3) is 0.192. The van der Waals surface area contributed by atoms with Crippen LogP contribution in [0.3, 0.4) is 0 Å². The highest BCUT2D eigenvalue weighted by Crippen LogP contribution is 2.38. The minimum atomic E-state index is -0.530. The number of rotatable bonds is 7. The van der Waals surface area contributed by atoms with Gasteiger partial charge in [0.15, 0.2) is 11.5 Å². The summed E-state index contributed by atoms with van der Waals surface area (Å²) in [6.07, 6.45) is 1.39. The zero-order chi connectivity index (χ0) is 27.0. The van der Waals surface area contributed by atoms with E-state index in [1.165, 1.54) is 17.0 Å². The number of hydrogen-bond acceptors (Lipinski definition) is 8. The van der Waals surface area contributed by atoms with E-state index in [4.69, 9.17) is 14.2 Å². The second-order valence-electron chi connectivity index (χ2n) is 8.73. The zero-order valence-electron chi connectivity index (χ0n) is 20.2. The Morgan fingerprint density at radius 1 is 1.16 bits per heavy atom. The highest BCUT2D eigenvalue weighted by molar-refractivity contribution is 9.10. The van der Waals surface area contributed by atoms with Crippen molar-refractivity contribution in [3.8, 4) is 17.2 Å². The number of nitrogens with zero attached hydrogens (tertiary/aromatic N) is 4. The van der Waals surface area contributed by atoms with Crippen LogP contribution in [0.1, 0.15) is 36.7 Å². The molecule has 0 amide bonds. The molecule has 0 bridgehead atoms. The standard InChI is InChI=1S/C26H20Br2N4O6/c1-14(2)25-30-20-5-4-17(27)10-18(20)26(33)31(25)29-11-16-7-19(28)24(21(8-16)32(34)35)36-12-15-3-6-22-23(9-15)38-13-37-22/h3-11,14H,12-13H2,1-2H3. The third-order valence-corrected chi connectivity index (χ3v) is 6.82. The van der Waals surface area contributed by atoms with Gasteiger partial charge < -0.3 is 14.2 Å². The van der Waals surface area contributed by atoms with E-state index in [2.05, 4.69) is 41.9 Å². The minimum absolute atomic E-state index is 0.0714. The molecule has 10 nitrogen and oxygen atoms in total. The number of hydrogen-bond donors (Lipinski definition) is 0. The predicted molar refractivity (Wildman–Crippen MR) is 148 cm³/mol. The molecule has 0 spiro atoms. The van der Waals surface area contributed by atoms with Crippen LogP contribution in [-0.4, -0.2) is 27.6 Å². The van der Waals surface area contributed by atoms with Gasteiger partial charge in [0.05, 0.1) is 26.5 Å². The Kier molecular flexibility index (Phi) is 7.17. The second-order valence-corrected chi connectivity index (χ2v) is 10.5. The second kappa shape index (κ2) is 10.5. The quantitative estimate of drug-likeness (QED) is 0.135. The van der Waals surface area contributed by atoms with Crippen molar-refractivity contribution in [1.82, 2.24) is 9.66 Å². The molecule has 1 aliphatic rings. The number of aromatic nitrogens is 2. The Labute approximate surface area is 233 Å². The maximum Gasteiger partial charge on any atom is 0.312 e. The van der Waals surface area contributed by atoms with Crippen molar-refractivity contribution >= 4 is 54.7 Å². The van der Waals surface area contributed by atoms with Gasteiger partial charge in [-0.05, 0) is 57.9 Å². The van der Waals surface area contributed by atoms with Crippen LogP contribution < -0.4 is 19.8 Å². The summed E-state index contributed by atoms with van der Waals surface area (Å²) in [6.45, 7) is 4.05. The van der Waals surface area contributed by atoms with E-state index in [-0.39, 0.29) is 36.3 Å². The molecule has 0 aliphatic carbocycles. The predicted octanol–water partition coefficient (Wildman–Crippen LogP) is 6.14.